The lowest BCUT2D eigenvalue weighted by Gasteiger charge is -2.06. The first kappa shape index (κ1) is 14.5. The lowest BCUT2D eigenvalue weighted by atomic mass is 10.1. The lowest BCUT2D eigenvalue weighted by molar-refractivity contribution is 0.0975. The van der Waals surface area contributed by atoms with Crippen LogP contribution in [0.3, 0.4) is 0 Å². The van der Waals surface area contributed by atoms with Gasteiger partial charge in [-0.2, -0.15) is 0 Å². The van der Waals surface area contributed by atoms with E-state index >= 15 is 0 Å². The van der Waals surface area contributed by atoms with Gasteiger partial charge in [0.2, 0.25) is 0 Å². The van der Waals surface area contributed by atoms with Crippen molar-refractivity contribution >= 4 is 22.9 Å². The normalized spacial score (nSPS) is 10.2. The Morgan fingerprint density at radius 1 is 1.15 bits per heavy atom. The second-order valence-corrected chi connectivity index (χ2v) is 5.38. The minimum absolute atomic E-state index is 0.0399. The zero-order valence-corrected chi connectivity index (χ0v) is 12.1. The molecule has 0 unspecified atom stereocenters. The van der Waals surface area contributed by atoms with Crippen LogP contribution in [0.25, 0.3) is 0 Å². The molecule has 0 radical (unpaired) electrons. The molecule has 0 aliphatic rings. The Kier molecular flexibility index (Phi) is 5.07. The maximum Gasteiger partial charge on any atom is 0.172 e. The van der Waals surface area contributed by atoms with E-state index in [0.717, 1.165) is 10.6 Å². The van der Waals surface area contributed by atoms with Crippen LogP contribution in [0.2, 0.25) is 0 Å². The van der Waals surface area contributed by atoms with Gasteiger partial charge in [-0.25, -0.2) is 0 Å². The lowest BCUT2D eigenvalue weighted by Crippen LogP contribution is -2.02. The van der Waals surface area contributed by atoms with E-state index < -0.39 is 0 Å². The molecule has 0 spiro atoms. The SMILES string of the molecule is CC(=O)c1ccc(OCCCC(=O)c2cccs2)cc1. The van der Waals surface area contributed by atoms with Gasteiger partial charge in [0.05, 0.1) is 11.5 Å². The highest BCUT2D eigenvalue weighted by Crippen LogP contribution is 2.15. The third-order valence-electron chi connectivity index (χ3n) is 2.87. The van der Waals surface area contributed by atoms with Crippen molar-refractivity contribution < 1.29 is 14.3 Å². The van der Waals surface area contributed by atoms with Crippen molar-refractivity contribution in [2.45, 2.75) is 19.8 Å². The minimum atomic E-state index is 0.0399. The first-order valence-electron chi connectivity index (χ1n) is 6.47. The van der Waals surface area contributed by atoms with Gasteiger partial charge in [0.15, 0.2) is 11.6 Å². The van der Waals surface area contributed by atoms with Gasteiger partial charge < -0.3 is 4.74 Å². The Hall–Kier alpha value is -1.94. The third-order valence-corrected chi connectivity index (χ3v) is 3.78. The van der Waals surface area contributed by atoms with Crippen molar-refractivity contribution in [3.63, 3.8) is 0 Å². The molecule has 3 nitrogen and oxygen atoms in total. The highest BCUT2D eigenvalue weighted by atomic mass is 32.1. The fourth-order valence-electron chi connectivity index (χ4n) is 1.77. The molecule has 1 aromatic carbocycles. The van der Waals surface area contributed by atoms with Crippen LogP contribution in [0.4, 0.5) is 0 Å². The minimum Gasteiger partial charge on any atom is -0.494 e. The molecule has 0 aliphatic carbocycles. The summed E-state index contributed by atoms with van der Waals surface area (Å²) in [6.45, 7) is 2.03. The summed E-state index contributed by atoms with van der Waals surface area (Å²) in [6, 6.07) is 10.8. The van der Waals surface area contributed by atoms with E-state index in [1.807, 2.05) is 17.5 Å². The molecule has 2 aromatic rings. The van der Waals surface area contributed by atoms with E-state index in [1.54, 1.807) is 24.3 Å². The van der Waals surface area contributed by atoms with Gasteiger partial charge in [0, 0.05) is 12.0 Å². The fourth-order valence-corrected chi connectivity index (χ4v) is 2.46. The van der Waals surface area contributed by atoms with Crippen LogP contribution in [0.15, 0.2) is 41.8 Å². The summed E-state index contributed by atoms with van der Waals surface area (Å²) in [6.07, 6.45) is 1.18. The Morgan fingerprint density at radius 2 is 1.90 bits per heavy atom. The number of rotatable bonds is 7. The van der Waals surface area contributed by atoms with Crippen molar-refractivity contribution in [3.05, 3.63) is 52.2 Å². The number of Topliss-reactive ketones (excluding diaryl/α,β-unsaturated/α-hetero) is 2. The largest absolute Gasteiger partial charge is 0.494 e. The number of thiophene rings is 1. The molecular formula is C16H16O3S. The van der Waals surface area contributed by atoms with E-state index in [4.69, 9.17) is 4.74 Å². The van der Waals surface area contributed by atoms with E-state index in [9.17, 15) is 9.59 Å². The van der Waals surface area contributed by atoms with Crippen LogP contribution >= 0.6 is 11.3 Å². The fraction of sp³-hybridized carbons (Fsp3) is 0.250. The monoisotopic (exact) mass is 288 g/mol. The van der Waals surface area contributed by atoms with Crippen LogP contribution < -0.4 is 4.74 Å². The van der Waals surface area contributed by atoms with E-state index in [0.29, 0.717) is 25.0 Å². The molecule has 1 aromatic heterocycles. The topological polar surface area (TPSA) is 43.4 Å². The third kappa shape index (κ3) is 4.03. The van der Waals surface area contributed by atoms with E-state index in [1.165, 1.54) is 18.3 Å². The quantitative estimate of drug-likeness (QED) is 0.571. The zero-order chi connectivity index (χ0) is 14.4. The van der Waals surface area contributed by atoms with Gasteiger partial charge in [-0.15, -0.1) is 11.3 Å². The molecule has 0 amide bonds. The first-order valence-corrected chi connectivity index (χ1v) is 7.35. The number of benzene rings is 1. The second-order valence-electron chi connectivity index (χ2n) is 4.43. The van der Waals surface area contributed by atoms with Crippen molar-refractivity contribution in [3.8, 4) is 5.75 Å². The maximum absolute atomic E-state index is 11.8. The Bertz CT molecular complexity index is 570. The Morgan fingerprint density at radius 3 is 2.50 bits per heavy atom. The van der Waals surface area contributed by atoms with Crippen LogP contribution in [-0.2, 0) is 0 Å². The highest BCUT2D eigenvalue weighted by molar-refractivity contribution is 7.12. The molecule has 0 aliphatic heterocycles. The van der Waals surface area contributed by atoms with Crippen LogP contribution in [0.1, 0.15) is 39.8 Å². The van der Waals surface area contributed by atoms with Crippen LogP contribution in [-0.4, -0.2) is 18.2 Å². The van der Waals surface area contributed by atoms with Gasteiger partial charge in [-0.1, -0.05) is 6.07 Å². The van der Waals surface area contributed by atoms with Gasteiger partial charge in [0.1, 0.15) is 5.75 Å². The number of ketones is 2. The molecule has 104 valence electrons. The summed E-state index contributed by atoms with van der Waals surface area (Å²) < 4.78 is 5.55. The van der Waals surface area contributed by atoms with Gasteiger partial charge in [0.25, 0.3) is 0 Å². The van der Waals surface area contributed by atoms with Crippen LogP contribution in [0.5, 0.6) is 5.75 Å². The van der Waals surface area contributed by atoms with Crippen molar-refractivity contribution in [1.29, 1.82) is 0 Å². The summed E-state index contributed by atoms with van der Waals surface area (Å²) in [4.78, 5) is 23.7. The maximum atomic E-state index is 11.8. The predicted octanol–water partition coefficient (Wildman–Crippen LogP) is 3.99. The summed E-state index contributed by atoms with van der Waals surface area (Å²) in [5, 5.41) is 1.90. The van der Waals surface area contributed by atoms with Crippen molar-refractivity contribution in [2.24, 2.45) is 0 Å². The van der Waals surface area contributed by atoms with Gasteiger partial charge in [-0.05, 0) is 49.1 Å². The standard InChI is InChI=1S/C16H16O3S/c1-12(17)13-6-8-14(9-7-13)19-10-2-4-15(18)16-5-3-11-20-16/h3,5-9,11H,2,4,10H2,1H3. The number of ether oxygens (including phenoxy) is 1. The number of hydrogen-bond donors (Lipinski definition) is 0. The van der Waals surface area contributed by atoms with Crippen molar-refractivity contribution in [2.75, 3.05) is 6.61 Å². The molecule has 0 saturated carbocycles. The predicted molar refractivity (Wildman–Crippen MR) is 79.8 cm³/mol. The second kappa shape index (κ2) is 7.01. The molecule has 0 fully saturated rings. The Labute approximate surface area is 122 Å². The number of carbonyl (C=O) groups excluding carboxylic acids is 2. The van der Waals surface area contributed by atoms with E-state index in [2.05, 4.69) is 0 Å². The summed E-state index contributed by atoms with van der Waals surface area (Å²) in [5.41, 5.74) is 0.672. The summed E-state index contributed by atoms with van der Waals surface area (Å²) in [7, 11) is 0. The average molecular weight is 288 g/mol. The average Bonchev–Trinajstić information content (AvgIpc) is 2.98. The van der Waals surface area contributed by atoms with Gasteiger partial charge in [-0.3, -0.25) is 9.59 Å². The summed E-state index contributed by atoms with van der Waals surface area (Å²) >= 11 is 1.47. The highest BCUT2D eigenvalue weighted by Gasteiger charge is 2.06. The van der Waals surface area contributed by atoms with E-state index in [-0.39, 0.29) is 11.6 Å². The molecule has 2 rings (SSSR count). The van der Waals surface area contributed by atoms with Crippen LogP contribution in [0, 0.1) is 0 Å². The number of carbonyl (C=O) groups is 2. The smallest absolute Gasteiger partial charge is 0.172 e. The molecule has 20 heavy (non-hydrogen) atoms. The molecule has 0 saturated heterocycles. The molecule has 0 atom stereocenters. The van der Waals surface area contributed by atoms with Gasteiger partial charge >= 0.3 is 0 Å². The Balaban J connectivity index is 1.73. The zero-order valence-electron chi connectivity index (χ0n) is 11.3. The summed E-state index contributed by atoms with van der Waals surface area (Å²) in [5.74, 6) is 0.923. The molecule has 4 heteroatoms. The number of hydrogen-bond acceptors (Lipinski definition) is 4. The molecule has 1 heterocycles. The molecule has 0 N–H and O–H groups in total. The molecule has 0 bridgehead atoms. The molecular weight excluding hydrogens is 272 g/mol. The first-order chi connectivity index (χ1) is 9.66. The van der Waals surface area contributed by atoms with Crippen molar-refractivity contribution in [1.82, 2.24) is 0 Å².